The Hall–Kier alpha value is -2.82. The van der Waals surface area contributed by atoms with Gasteiger partial charge in [0.05, 0.1) is 22.9 Å². The first kappa shape index (κ1) is 28.2. The molecule has 1 aliphatic carbocycles. The van der Waals surface area contributed by atoms with E-state index < -0.39 is 0 Å². The molecule has 1 N–H and O–H groups in total. The van der Waals surface area contributed by atoms with Crippen LogP contribution in [-0.4, -0.2) is 39.0 Å². The van der Waals surface area contributed by atoms with Crippen LogP contribution in [0.25, 0.3) is 0 Å². The van der Waals surface area contributed by atoms with Crippen molar-refractivity contribution in [2.24, 2.45) is 5.92 Å². The lowest BCUT2D eigenvalue weighted by molar-refractivity contribution is -0.113. The van der Waals surface area contributed by atoms with E-state index in [0.717, 1.165) is 35.3 Å². The third kappa shape index (κ3) is 6.59. The van der Waals surface area contributed by atoms with Gasteiger partial charge in [-0.1, -0.05) is 42.4 Å². The molecule has 0 spiro atoms. The fourth-order valence-electron chi connectivity index (χ4n) is 4.26. The fraction of sp³-hybridized carbons (Fsp3) is 0.407. The smallest absolute Gasteiger partial charge is 0.341 e. The predicted octanol–water partition coefficient (Wildman–Crippen LogP) is 6.10. The lowest BCUT2D eigenvalue weighted by atomic mass is 9.88. The zero-order valence-corrected chi connectivity index (χ0v) is 24.1. The molecule has 38 heavy (non-hydrogen) atoms. The number of nitrogens with zero attached hydrogens (tertiary/aromatic N) is 3. The second-order valence-corrected chi connectivity index (χ2v) is 11.6. The van der Waals surface area contributed by atoms with Crippen LogP contribution >= 0.6 is 34.7 Å². The Morgan fingerprint density at radius 1 is 1.37 bits per heavy atom. The maximum atomic E-state index is 13.0. The second kappa shape index (κ2) is 12.8. The third-order valence-corrected chi connectivity index (χ3v) is 8.57. The quantitative estimate of drug-likeness (QED) is 0.168. The first-order chi connectivity index (χ1) is 18.3. The molecule has 0 saturated heterocycles. The lowest BCUT2D eigenvalue weighted by Gasteiger charge is -2.18. The largest absolute Gasteiger partial charge is 0.484 e. The number of ether oxygens (including phenoxy) is 2. The SMILES string of the molecule is C=CCn1c(COc2cc(C)ccc2Cl)nnc1SCC(=O)Nc1sc2c(c1C(=O)OCC)CCC(C)C2. The zero-order valence-electron chi connectivity index (χ0n) is 21.7. The number of fused-ring (bicyclic) bond motifs is 1. The molecule has 1 atom stereocenters. The molecule has 202 valence electrons. The minimum atomic E-state index is -0.383. The van der Waals surface area contributed by atoms with Crippen LogP contribution in [0.4, 0.5) is 5.00 Å². The highest BCUT2D eigenvalue weighted by Gasteiger charge is 2.29. The van der Waals surface area contributed by atoms with Crippen molar-refractivity contribution in [3.63, 3.8) is 0 Å². The van der Waals surface area contributed by atoms with Crippen molar-refractivity contribution in [1.29, 1.82) is 0 Å². The number of halogens is 1. The molecule has 8 nitrogen and oxygen atoms in total. The first-order valence-corrected chi connectivity index (χ1v) is 14.6. The Bertz CT molecular complexity index is 1340. The van der Waals surface area contributed by atoms with Crippen LogP contribution in [0, 0.1) is 12.8 Å². The van der Waals surface area contributed by atoms with Crippen LogP contribution in [0.1, 0.15) is 52.5 Å². The maximum Gasteiger partial charge on any atom is 0.341 e. The van der Waals surface area contributed by atoms with Crippen LogP contribution < -0.4 is 10.1 Å². The molecule has 2 aromatic heterocycles. The Balaban J connectivity index is 1.44. The van der Waals surface area contributed by atoms with Gasteiger partial charge in [-0.15, -0.1) is 28.1 Å². The van der Waals surface area contributed by atoms with Crippen molar-refractivity contribution in [1.82, 2.24) is 14.8 Å². The Morgan fingerprint density at radius 3 is 2.95 bits per heavy atom. The predicted molar refractivity (Wildman–Crippen MR) is 152 cm³/mol. The summed E-state index contributed by atoms with van der Waals surface area (Å²) in [4.78, 5) is 26.8. The highest BCUT2D eigenvalue weighted by Crippen LogP contribution is 2.40. The summed E-state index contributed by atoms with van der Waals surface area (Å²) in [5.74, 6) is 1.19. The number of thiophene rings is 1. The van der Waals surface area contributed by atoms with Crippen LogP contribution in [0.3, 0.4) is 0 Å². The van der Waals surface area contributed by atoms with E-state index in [1.165, 1.54) is 23.1 Å². The van der Waals surface area contributed by atoms with E-state index >= 15 is 0 Å². The summed E-state index contributed by atoms with van der Waals surface area (Å²) in [6, 6.07) is 5.57. The van der Waals surface area contributed by atoms with Gasteiger partial charge >= 0.3 is 5.97 Å². The molecule has 2 heterocycles. The highest BCUT2D eigenvalue weighted by atomic mass is 35.5. The topological polar surface area (TPSA) is 95.3 Å². The van der Waals surface area contributed by atoms with E-state index in [1.54, 1.807) is 19.1 Å². The molecule has 1 unspecified atom stereocenters. The number of anilines is 1. The summed E-state index contributed by atoms with van der Waals surface area (Å²) >= 11 is 8.98. The third-order valence-electron chi connectivity index (χ3n) is 6.13. The first-order valence-electron chi connectivity index (χ1n) is 12.5. The summed E-state index contributed by atoms with van der Waals surface area (Å²) in [7, 11) is 0. The number of hydrogen-bond donors (Lipinski definition) is 1. The molecule has 3 aromatic rings. The second-order valence-electron chi connectivity index (χ2n) is 9.13. The van der Waals surface area contributed by atoms with Crippen molar-refractivity contribution in [3.8, 4) is 5.75 Å². The number of carbonyl (C=O) groups is 2. The van der Waals surface area contributed by atoms with Gasteiger partial charge in [0.25, 0.3) is 0 Å². The molecule has 0 radical (unpaired) electrons. The number of aromatic nitrogens is 3. The van der Waals surface area contributed by atoms with E-state index in [2.05, 4.69) is 29.0 Å². The Labute approximate surface area is 235 Å². The molecule has 1 amide bonds. The van der Waals surface area contributed by atoms with E-state index in [0.29, 0.717) is 44.8 Å². The molecule has 11 heteroatoms. The van der Waals surface area contributed by atoms with E-state index in [-0.39, 0.29) is 30.8 Å². The molecule has 0 saturated carbocycles. The van der Waals surface area contributed by atoms with E-state index in [9.17, 15) is 9.59 Å². The van der Waals surface area contributed by atoms with Gasteiger partial charge in [-0.25, -0.2) is 4.79 Å². The van der Waals surface area contributed by atoms with Gasteiger partial charge in [0.15, 0.2) is 11.0 Å². The number of hydrogen-bond acceptors (Lipinski definition) is 8. The monoisotopic (exact) mass is 574 g/mol. The van der Waals surface area contributed by atoms with Crippen molar-refractivity contribution in [3.05, 3.63) is 63.3 Å². The number of allylic oxidation sites excluding steroid dienone is 1. The zero-order chi connectivity index (χ0) is 27.2. The molecular formula is C27H31ClN4O4S2. The number of aryl methyl sites for hydroxylation is 1. The van der Waals surface area contributed by atoms with Gasteiger partial charge in [0, 0.05) is 11.4 Å². The number of amides is 1. The van der Waals surface area contributed by atoms with Crippen molar-refractivity contribution >= 4 is 51.6 Å². The number of carbonyl (C=O) groups excluding carboxylic acids is 2. The molecule has 1 aliphatic rings. The minimum Gasteiger partial charge on any atom is -0.484 e. The maximum absolute atomic E-state index is 13.0. The molecule has 0 bridgehead atoms. The van der Waals surface area contributed by atoms with E-state index in [4.69, 9.17) is 21.1 Å². The normalized spacial score (nSPS) is 14.6. The Kier molecular flexibility index (Phi) is 9.51. The number of rotatable bonds is 11. The fourth-order valence-corrected chi connectivity index (χ4v) is 6.61. The van der Waals surface area contributed by atoms with Crippen LogP contribution in [0.5, 0.6) is 5.75 Å². The standard InChI is InChI=1S/C27H31ClN4O4S2/c1-5-11-32-22(14-36-20-12-16(3)8-10-19(20)28)30-31-27(32)37-15-23(33)29-25-24(26(34)35-6-2)18-9-7-17(4)13-21(18)38-25/h5,8,10,12,17H,1,6-7,9,11,13-15H2,2-4H3,(H,29,33). The molecule has 1 aromatic carbocycles. The van der Waals surface area contributed by atoms with Gasteiger partial charge in [-0.05, 0) is 62.3 Å². The minimum absolute atomic E-state index is 0.0983. The van der Waals surface area contributed by atoms with Crippen LogP contribution in [-0.2, 0) is 35.5 Å². The van der Waals surface area contributed by atoms with Crippen LogP contribution in [0.2, 0.25) is 5.02 Å². The Morgan fingerprint density at radius 2 is 2.18 bits per heavy atom. The molecule has 0 aliphatic heterocycles. The summed E-state index contributed by atoms with van der Waals surface area (Å²) < 4.78 is 13.0. The number of nitrogens with one attached hydrogen (secondary N) is 1. The van der Waals surface area contributed by atoms with Crippen molar-refractivity contribution in [2.45, 2.75) is 58.3 Å². The van der Waals surface area contributed by atoms with Crippen molar-refractivity contribution in [2.75, 3.05) is 17.7 Å². The summed E-state index contributed by atoms with van der Waals surface area (Å²) in [5.41, 5.74) is 2.55. The van der Waals surface area contributed by atoms with Gasteiger partial charge in [0.1, 0.15) is 17.4 Å². The molecule has 0 fully saturated rings. The molecular weight excluding hydrogens is 544 g/mol. The van der Waals surface area contributed by atoms with Gasteiger partial charge in [-0.3, -0.25) is 9.36 Å². The average Bonchev–Trinajstić information content (AvgIpc) is 3.43. The van der Waals surface area contributed by atoms with Gasteiger partial charge in [-0.2, -0.15) is 0 Å². The number of benzene rings is 1. The molecule has 4 rings (SSSR count). The summed E-state index contributed by atoms with van der Waals surface area (Å²) in [5, 5.41) is 13.1. The summed E-state index contributed by atoms with van der Waals surface area (Å²) in [6.45, 7) is 10.7. The van der Waals surface area contributed by atoms with Crippen molar-refractivity contribution < 1.29 is 19.1 Å². The van der Waals surface area contributed by atoms with Crippen LogP contribution in [0.15, 0.2) is 36.0 Å². The highest BCUT2D eigenvalue weighted by molar-refractivity contribution is 7.99. The summed E-state index contributed by atoms with van der Waals surface area (Å²) in [6.07, 6.45) is 4.47. The average molecular weight is 575 g/mol. The lowest BCUT2D eigenvalue weighted by Crippen LogP contribution is -2.18. The van der Waals surface area contributed by atoms with E-state index in [1.807, 2.05) is 23.6 Å². The van der Waals surface area contributed by atoms with Gasteiger partial charge < -0.3 is 14.8 Å². The number of thioether (sulfide) groups is 1. The van der Waals surface area contributed by atoms with Gasteiger partial charge in [0.2, 0.25) is 5.91 Å². The number of esters is 1.